The number of rotatable bonds is 5. The second kappa shape index (κ2) is 7.29. The van der Waals surface area contributed by atoms with E-state index in [9.17, 15) is 5.11 Å². The third-order valence-corrected chi connectivity index (χ3v) is 4.23. The first-order chi connectivity index (χ1) is 10.0. The number of aliphatic hydroxyl groups excluding tert-OH is 1. The van der Waals surface area contributed by atoms with Gasteiger partial charge in [-0.15, -0.1) is 0 Å². The molecule has 2 aromatic rings. The fourth-order valence-corrected chi connectivity index (χ4v) is 3.52. The maximum Gasteiger partial charge on any atom is 0.148 e. The highest BCUT2D eigenvalue weighted by molar-refractivity contribution is 9.11. The highest BCUT2D eigenvalue weighted by atomic mass is 79.9. The van der Waals surface area contributed by atoms with Crippen molar-refractivity contribution in [2.24, 2.45) is 0 Å². The van der Waals surface area contributed by atoms with Crippen LogP contribution < -0.4 is 9.47 Å². The van der Waals surface area contributed by atoms with Gasteiger partial charge in [-0.05, 0) is 68.6 Å². The van der Waals surface area contributed by atoms with E-state index in [0.29, 0.717) is 12.4 Å². The zero-order valence-corrected chi connectivity index (χ0v) is 15.0. The van der Waals surface area contributed by atoms with Crippen LogP contribution in [0.2, 0.25) is 0 Å². The average Bonchev–Trinajstić information content (AvgIpc) is 2.46. The highest BCUT2D eigenvalue weighted by Gasteiger charge is 2.11. The summed E-state index contributed by atoms with van der Waals surface area (Å²) in [7, 11) is 1.65. The summed E-state index contributed by atoms with van der Waals surface area (Å²) in [5.41, 5.74) is 2.96. The first kappa shape index (κ1) is 16.3. The fraction of sp³-hybridized carbons (Fsp3) is 0.250. The Morgan fingerprint density at radius 2 is 1.76 bits per heavy atom. The number of halogens is 2. The number of benzene rings is 2. The van der Waals surface area contributed by atoms with Crippen molar-refractivity contribution in [2.75, 3.05) is 7.11 Å². The van der Waals surface area contributed by atoms with Crippen molar-refractivity contribution in [3.8, 4) is 11.5 Å². The van der Waals surface area contributed by atoms with Crippen LogP contribution in [0.15, 0.2) is 39.3 Å². The van der Waals surface area contributed by atoms with Crippen LogP contribution in [0.1, 0.15) is 16.7 Å². The normalized spacial score (nSPS) is 10.5. The van der Waals surface area contributed by atoms with Crippen molar-refractivity contribution >= 4 is 31.9 Å². The molecule has 5 heteroatoms. The molecule has 0 aliphatic heterocycles. The smallest absolute Gasteiger partial charge is 0.148 e. The molecule has 0 atom stereocenters. The minimum atomic E-state index is -0.0107. The molecule has 0 bridgehead atoms. The lowest BCUT2D eigenvalue weighted by Gasteiger charge is -2.14. The van der Waals surface area contributed by atoms with Gasteiger partial charge in [0.15, 0.2) is 0 Å². The SMILES string of the molecule is COc1ccc(C)cc1COc1c(Br)cc(CO)cc1Br. The van der Waals surface area contributed by atoms with Crippen molar-refractivity contribution in [1.29, 1.82) is 0 Å². The lowest BCUT2D eigenvalue weighted by Crippen LogP contribution is -2.01. The molecular weight excluding hydrogens is 400 g/mol. The Morgan fingerprint density at radius 1 is 1.10 bits per heavy atom. The summed E-state index contributed by atoms with van der Waals surface area (Å²) in [6.45, 7) is 2.43. The van der Waals surface area contributed by atoms with Crippen LogP contribution >= 0.6 is 31.9 Å². The van der Waals surface area contributed by atoms with Crippen LogP contribution in [-0.4, -0.2) is 12.2 Å². The molecule has 0 radical (unpaired) electrons. The highest BCUT2D eigenvalue weighted by Crippen LogP contribution is 2.36. The van der Waals surface area contributed by atoms with E-state index in [0.717, 1.165) is 31.4 Å². The molecule has 0 aliphatic carbocycles. The molecule has 0 aromatic heterocycles. The Bertz CT molecular complexity index is 618. The van der Waals surface area contributed by atoms with Crippen molar-refractivity contribution < 1.29 is 14.6 Å². The quantitative estimate of drug-likeness (QED) is 0.775. The molecule has 0 spiro atoms. The zero-order valence-electron chi connectivity index (χ0n) is 11.8. The average molecular weight is 416 g/mol. The molecule has 0 amide bonds. The van der Waals surface area contributed by atoms with E-state index >= 15 is 0 Å². The van der Waals surface area contributed by atoms with Gasteiger partial charge in [-0.2, -0.15) is 0 Å². The van der Waals surface area contributed by atoms with Gasteiger partial charge in [-0.25, -0.2) is 0 Å². The maximum absolute atomic E-state index is 9.19. The van der Waals surface area contributed by atoms with E-state index in [2.05, 4.69) is 31.9 Å². The summed E-state index contributed by atoms with van der Waals surface area (Å²) in [6.07, 6.45) is 0. The lowest BCUT2D eigenvalue weighted by atomic mass is 10.1. The predicted octanol–water partition coefficient (Wildman–Crippen LogP) is 4.60. The Balaban J connectivity index is 2.22. The monoisotopic (exact) mass is 414 g/mol. The van der Waals surface area contributed by atoms with E-state index < -0.39 is 0 Å². The number of hydrogen-bond donors (Lipinski definition) is 1. The Hall–Kier alpha value is -1.04. The Kier molecular flexibility index (Phi) is 5.67. The molecule has 2 aromatic carbocycles. The summed E-state index contributed by atoms with van der Waals surface area (Å²) in [5, 5.41) is 9.19. The van der Waals surface area contributed by atoms with Crippen molar-refractivity contribution in [1.82, 2.24) is 0 Å². The summed E-state index contributed by atoms with van der Waals surface area (Å²) >= 11 is 6.93. The van der Waals surface area contributed by atoms with E-state index in [4.69, 9.17) is 9.47 Å². The summed E-state index contributed by atoms with van der Waals surface area (Å²) < 4.78 is 12.8. The van der Waals surface area contributed by atoms with Crippen LogP contribution in [0.3, 0.4) is 0 Å². The summed E-state index contributed by atoms with van der Waals surface area (Å²) in [5.74, 6) is 1.51. The molecule has 0 heterocycles. The third-order valence-electron chi connectivity index (χ3n) is 3.05. The number of ether oxygens (including phenoxy) is 2. The molecule has 2 rings (SSSR count). The first-order valence-corrected chi connectivity index (χ1v) is 7.99. The van der Waals surface area contributed by atoms with Crippen molar-refractivity contribution in [2.45, 2.75) is 20.1 Å². The van der Waals surface area contributed by atoms with Gasteiger partial charge >= 0.3 is 0 Å². The lowest BCUT2D eigenvalue weighted by molar-refractivity contribution is 0.279. The van der Waals surface area contributed by atoms with Gasteiger partial charge < -0.3 is 14.6 Å². The van der Waals surface area contributed by atoms with E-state index in [1.165, 1.54) is 0 Å². The molecule has 0 aliphatic rings. The Labute approximate surface area is 141 Å². The van der Waals surface area contributed by atoms with Gasteiger partial charge in [0, 0.05) is 5.56 Å². The van der Waals surface area contributed by atoms with E-state index in [1.807, 2.05) is 37.3 Å². The number of aliphatic hydroxyl groups is 1. The number of aryl methyl sites for hydroxylation is 1. The Morgan fingerprint density at radius 3 is 2.33 bits per heavy atom. The molecule has 0 fully saturated rings. The zero-order chi connectivity index (χ0) is 15.4. The van der Waals surface area contributed by atoms with Crippen molar-refractivity contribution in [3.63, 3.8) is 0 Å². The van der Waals surface area contributed by atoms with Crippen LogP contribution in [0, 0.1) is 6.92 Å². The number of hydrogen-bond acceptors (Lipinski definition) is 3. The van der Waals surface area contributed by atoms with Crippen molar-refractivity contribution in [3.05, 3.63) is 56.0 Å². The second-order valence-electron chi connectivity index (χ2n) is 4.65. The van der Waals surface area contributed by atoms with E-state index in [1.54, 1.807) is 7.11 Å². The molecule has 112 valence electrons. The van der Waals surface area contributed by atoms with Gasteiger partial charge in [0.25, 0.3) is 0 Å². The fourth-order valence-electron chi connectivity index (χ4n) is 2.01. The number of methoxy groups -OCH3 is 1. The minimum absolute atomic E-state index is 0.0107. The van der Waals surface area contributed by atoms with Crippen LogP contribution in [0.5, 0.6) is 11.5 Å². The molecule has 1 N–H and O–H groups in total. The molecule has 21 heavy (non-hydrogen) atoms. The second-order valence-corrected chi connectivity index (χ2v) is 6.36. The van der Waals surface area contributed by atoms with Gasteiger partial charge in [0.1, 0.15) is 18.1 Å². The topological polar surface area (TPSA) is 38.7 Å². The minimum Gasteiger partial charge on any atom is -0.496 e. The van der Waals surface area contributed by atoms with Gasteiger partial charge in [-0.3, -0.25) is 0 Å². The van der Waals surface area contributed by atoms with Crippen LogP contribution in [0.4, 0.5) is 0 Å². The third kappa shape index (κ3) is 3.99. The molecule has 0 saturated carbocycles. The summed E-state index contributed by atoms with van der Waals surface area (Å²) in [4.78, 5) is 0. The van der Waals surface area contributed by atoms with Gasteiger partial charge in [-0.1, -0.05) is 11.6 Å². The summed E-state index contributed by atoms with van der Waals surface area (Å²) in [6, 6.07) is 9.67. The van der Waals surface area contributed by atoms with Gasteiger partial charge in [0.05, 0.1) is 22.7 Å². The van der Waals surface area contributed by atoms with Gasteiger partial charge in [0.2, 0.25) is 0 Å². The largest absolute Gasteiger partial charge is 0.496 e. The molecule has 0 saturated heterocycles. The predicted molar refractivity (Wildman–Crippen MR) is 89.8 cm³/mol. The molecule has 0 unspecified atom stereocenters. The maximum atomic E-state index is 9.19. The molecular formula is C16H16Br2O3. The first-order valence-electron chi connectivity index (χ1n) is 6.40. The van der Waals surface area contributed by atoms with E-state index in [-0.39, 0.29) is 6.61 Å². The molecule has 3 nitrogen and oxygen atoms in total. The van der Waals surface area contributed by atoms with Crippen LogP contribution in [-0.2, 0) is 13.2 Å². The standard InChI is InChI=1S/C16H16Br2O3/c1-10-3-4-15(20-2)12(5-10)9-21-16-13(17)6-11(8-19)7-14(16)18/h3-7,19H,8-9H2,1-2H3. The van der Waals surface area contributed by atoms with Crippen LogP contribution in [0.25, 0.3) is 0 Å².